The Morgan fingerprint density at radius 1 is 1.35 bits per heavy atom. The maximum absolute atomic E-state index is 12.7. The lowest BCUT2D eigenvalue weighted by molar-refractivity contribution is -0.133. The molecule has 0 aromatic heterocycles. The first-order chi connectivity index (χ1) is 9.15. The largest absolute Gasteiger partial charge is 0.342 e. The first-order valence-corrected chi connectivity index (χ1v) is 7.29. The van der Waals surface area contributed by atoms with E-state index in [1.165, 1.54) is 0 Å². The summed E-state index contributed by atoms with van der Waals surface area (Å²) in [7, 11) is 0. The van der Waals surface area contributed by atoms with E-state index in [1.54, 1.807) is 0 Å². The second-order valence-corrected chi connectivity index (χ2v) is 6.17. The predicted octanol–water partition coefficient (Wildman–Crippen LogP) is 2.60. The zero-order chi connectivity index (χ0) is 13.5. The fourth-order valence-electron chi connectivity index (χ4n) is 3.03. The van der Waals surface area contributed by atoms with Crippen LogP contribution in [0.15, 0.2) is 24.3 Å². The van der Waals surface area contributed by atoms with Crippen molar-refractivity contribution in [3.8, 4) is 0 Å². The summed E-state index contributed by atoms with van der Waals surface area (Å²) < 4.78 is 0. The van der Waals surface area contributed by atoms with Crippen LogP contribution < -0.4 is 5.73 Å². The van der Waals surface area contributed by atoms with Crippen molar-refractivity contribution < 1.29 is 4.79 Å². The number of hydrogen-bond donors (Lipinski definition) is 1. The molecule has 1 aliphatic heterocycles. The van der Waals surface area contributed by atoms with Gasteiger partial charge in [-0.25, -0.2) is 0 Å². The fraction of sp³-hybridized carbons (Fsp3) is 0.533. The van der Waals surface area contributed by atoms with E-state index < -0.39 is 0 Å². The highest BCUT2D eigenvalue weighted by molar-refractivity contribution is 6.30. The van der Waals surface area contributed by atoms with Crippen molar-refractivity contribution in [1.29, 1.82) is 0 Å². The molecule has 3 nitrogen and oxygen atoms in total. The molecule has 1 aromatic rings. The van der Waals surface area contributed by atoms with Gasteiger partial charge < -0.3 is 10.6 Å². The van der Waals surface area contributed by atoms with E-state index >= 15 is 0 Å². The molecule has 3 rings (SSSR count). The van der Waals surface area contributed by atoms with Crippen molar-refractivity contribution in [2.75, 3.05) is 19.6 Å². The van der Waals surface area contributed by atoms with Gasteiger partial charge in [-0.15, -0.1) is 12.4 Å². The van der Waals surface area contributed by atoms with Crippen LogP contribution in [0.25, 0.3) is 0 Å². The smallest absolute Gasteiger partial charge is 0.233 e. The lowest BCUT2D eigenvalue weighted by atomic mass is 9.94. The number of carbonyl (C=O) groups excluding carboxylic acids is 1. The molecule has 5 heteroatoms. The molecule has 1 aliphatic carbocycles. The van der Waals surface area contributed by atoms with E-state index in [9.17, 15) is 4.79 Å². The van der Waals surface area contributed by atoms with E-state index in [4.69, 9.17) is 17.3 Å². The summed E-state index contributed by atoms with van der Waals surface area (Å²) in [5.74, 6) is 0.760. The number of nitrogens with zero attached hydrogens (tertiary/aromatic N) is 1. The number of carbonyl (C=O) groups is 1. The molecule has 1 saturated carbocycles. The Kier molecular flexibility index (Phi) is 4.62. The quantitative estimate of drug-likeness (QED) is 0.932. The highest BCUT2D eigenvalue weighted by Gasteiger charge is 2.53. The molecule has 1 amide bonds. The van der Waals surface area contributed by atoms with Gasteiger partial charge in [0.25, 0.3) is 0 Å². The summed E-state index contributed by atoms with van der Waals surface area (Å²) in [5, 5.41) is 0.719. The monoisotopic (exact) mass is 314 g/mol. The normalized spacial score (nSPS) is 23.3. The zero-order valence-electron chi connectivity index (χ0n) is 11.3. The third-order valence-electron chi connectivity index (χ3n) is 4.46. The van der Waals surface area contributed by atoms with Crippen LogP contribution in [-0.4, -0.2) is 30.4 Å². The average molecular weight is 315 g/mol. The molecule has 1 aromatic carbocycles. The molecule has 1 atom stereocenters. The standard InChI is InChI=1S/C15H19ClN2O.ClH/c16-13-3-1-12(2-4-13)15(6-7-15)14(19)18-8-5-11(9-17)10-18;/h1-4,11H,5-10,17H2;1H. The fourth-order valence-corrected chi connectivity index (χ4v) is 3.16. The summed E-state index contributed by atoms with van der Waals surface area (Å²) in [6.07, 6.45) is 2.95. The van der Waals surface area contributed by atoms with Gasteiger partial charge in [0.15, 0.2) is 0 Å². The van der Waals surface area contributed by atoms with Gasteiger partial charge in [-0.2, -0.15) is 0 Å². The Hall–Kier alpha value is -0.770. The van der Waals surface area contributed by atoms with Crippen LogP contribution in [0.3, 0.4) is 0 Å². The SMILES string of the molecule is Cl.NCC1CCN(C(=O)C2(c3ccc(Cl)cc3)CC2)C1. The minimum Gasteiger partial charge on any atom is -0.342 e. The van der Waals surface area contributed by atoms with Gasteiger partial charge in [-0.3, -0.25) is 4.79 Å². The molecule has 2 N–H and O–H groups in total. The number of rotatable bonds is 3. The van der Waals surface area contributed by atoms with E-state index in [1.807, 2.05) is 29.2 Å². The third-order valence-corrected chi connectivity index (χ3v) is 4.71. The van der Waals surface area contributed by atoms with Gasteiger partial charge in [0.1, 0.15) is 0 Å². The topological polar surface area (TPSA) is 46.3 Å². The number of amides is 1. The number of hydrogen-bond acceptors (Lipinski definition) is 2. The summed E-state index contributed by atoms with van der Waals surface area (Å²) in [4.78, 5) is 14.7. The Labute approximate surface area is 130 Å². The maximum Gasteiger partial charge on any atom is 0.233 e. The van der Waals surface area contributed by atoms with Crippen molar-refractivity contribution >= 4 is 29.9 Å². The number of nitrogens with two attached hydrogens (primary N) is 1. The van der Waals surface area contributed by atoms with Crippen LogP contribution in [0.5, 0.6) is 0 Å². The highest BCUT2D eigenvalue weighted by Crippen LogP contribution is 2.50. The van der Waals surface area contributed by atoms with Crippen LogP contribution in [0, 0.1) is 5.92 Å². The number of likely N-dealkylation sites (tertiary alicyclic amines) is 1. The Balaban J connectivity index is 0.00000147. The number of benzene rings is 1. The van der Waals surface area contributed by atoms with Crippen LogP contribution in [0.1, 0.15) is 24.8 Å². The van der Waals surface area contributed by atoms with Gasteiger partial charge in [0, 0.05) is 18.1 Å². The van der Waals surface area contributed by atoms with Crippen molar-refractivity contribution in [3.63, 3.8) is 0 Å². The minimum absolute atomic E-state index is 0. The van der Waals surface area contributed by atoms with Crippen molar-refractivity contribution in [3.05, 3.63) is 34.9 Å². The van der Waals surface area contributed by atoms with Crippen LogP contribution in [-0.2, 0) is 10.2 Å². The summed E-state index contributed by atoms with van der Waals surface area (Å²) in [6.45, 7) is 2.36. The molecule has 0 radical (unpaired) electrons. The molecule has 20 heavy (non-hydrogen) atoms. The molecular formula is C15H20Cl2N2O. The van der Waals surface area contributed by atoms with Gasteiger partial charge in [0.2, 0.25) is 5.91 Å². The summed E-state index contributed by atoms with van der Waals surface area (Å²) >= 11 is 5.92. The van der Waals surface area contributed by atoms with Crippen LogP contribution >= 0.6 is 24.0 Å². The molecule has 1 saturated heterocycles. The first-order valence-electron chi connectivity index (χ1n) is 6.91. The van der Waals surface area contributed by atoms with E-state index in [0.29, 0.717) is 12.5 Å². The Morgan fingerprint density at radius 2 is 2.00 bits per heavy atom. The van der Waals surface area contributed by atoms with Crippen molar-refractivity contribution in [2.45, 2.75) is 24.7 Å². The van der Waals surface area contributed by atoms with Crippen molar-refractivity contribution in [2.24, 2.45) is 11.7 Å². The predicted molar refractivity (Wildman–Crippen MR) is 83.4 cm³/mol. The van der Waals surface area contributed by atoms with Gasteiger partial charge in [-0.05, 0) is 49.4 Å². The second kappa shape index (κ2) is 5.92. The van der Waals surface area contributed by atoms with E-state index in [0.717, 1.165) is 42.9 Å². The minimum atomic E-state index is -0.270. The van der Waals surface area contributed by atoms with Gasteiger partial charge >= 0.3 is 0 Å². The first kappa shape index (κ1) is 15.6. The second-order valence-electron chi connectivity index (χ2n) is 5.73. The summed E-state index contributed by atoms with van der Waals surface area (Å²) in [5.41, 5.74) is 6.54. The van der Waals surface area contributed by atoms with Crippen LogP contribution in [0.2, 0.25) is 5.02 Å². The van der Waals surface area contributed by atoms with E-state index in [-0.39, 0.29) is 23.7 Å². The van der Waals surface area contributed by atoms with Crippen LogP contribution in [0.4, 0.5) is 0 Å². The average Bonchev–Trinajstić information content (AvgIpc) is 3.09. The molecular weight excluding hydrogens is 295 g/mol. The third kappa shape index (κ3) is 2.67. The lowest BCUT2D eigenvalue weighted by Gasteiger charge is -2.23. The van der Waals surface area contributed by atoms with Crippen molar-refractivity contribution in [1.82, 2.24) is 4.90 Å². The Morgan fingerprint density at radius 3 is 2.50 bits per heavy atom. The molecule has 2 fully saturated rings. The van der Waals surface area contributed by atoms with E-state index in [2.05, 4.69) is 0 Å². The molecule has 2 aliphatic rings. The molecule has 1 heterocycles. The molecule has 1 unspecified atom stereocenters. The molecule has 0 spiro atoms. The lowest BCUT2D eigenvalue weighted by Crippen LogP contribution is -2.38. The summed E-state index contributed by atoms with van der Waals surface area (Å²) in [6, 6.07) is 7.72. The van der Waals surface area contributed by atoms with Gasteiger partial charge in [0.05, 0.1) is 5.41 Å². The zero-order valence-corrected chi connectivity index (χ0v) is 12.9. The van der Waals surface area contributed by atoms with Gasteiger partial charge in [-0.1, -0.05) is 23.7 Å². The Bertz CT molecular complexity index is 485. The molecule has 110 valence electrons. The maximum atomic E-state index is 12.7. The number of halogens is 2. The highest BCUT2D eigenvalue weighted by atomic mass is 35.5. The molecule has 0 bridgehead atoms.